The molecule has 31 heavy (non-hydrogen) atoms. The van der Waals surface area contributed by atoms with Crippen LogP contribution in [0.2, 0.25) is 0 Å². The molecule has 0 aliphatic carbocycles. The van der Waals surface area contributed by atoms with Crippen LogP contribution < -0.4 is 10.5 Å². The van der Waals surface area contributed by atoms with Crippen LogP contribution in [0.1, 0.15) is 22.5 Å². The number of allylic oxidation sites excluding steroid dienone is 2. The summed E-state index contributed by atoms with van der Waals surface area (Å²) in [6.45, 7) is 3.80. The maximum Gasteiger partial charge on any atom is 0.277 e. The van der Waals surface area contributed by atoms with E-state index in [2.05, 4.69) is 64.3 Å². The summed E-state index contributed by atoms with van der Waals surface area (Å²) in [7, 11) is 4.06. The van der Waals surface area contributed by atoms with Crippen LogP contribution in [0.25, 0.3) is 29.2 Å². The molecule has 2 aromatic carbocycles. The van der Waals surface area contributed by atoms with Crippen LogP contribution in [0.15, 0.2) is 71.7 Å². The van der Waals surface area contributed by atoms with Gasteiger partial charge in [-0.15, -0.1) is 0 Å². The molecule has 5 nitrogen and oxygen atoms in total. The Balaban J connectivity index is 1.65. The van der Waals surface area contributed by atoms with Crippen molar-refractivity contribution in [3.05, 3.63) is 99.7 Å². The number of rotatable bonds is 5. The number of aromatic nitrogens is 3. The van der Waals surface area contributed by atoms with Gasteiger partial charge in [0, 0.05) is 31.5 Å². The van der Waals surface area contributed by atoms with Crippen LogP contribution in [0.4, 0.5) is 5.69 Å². The number of hydrogen-bond acceptors (Lipinski definition) is 3. The van der Waals surface area contributed by atoms with E-state index in [1.807, 2.05) is 44.5 Å². The zero-order chi connectivity index (χ0) is 22.0. The molecule has 5 heteroatoms. The summed E-state index contributed by atoms with van der Waals surface area (Å²) in [6.07, 6.45) is 9.76. The average Bonchev–Trinajstić information content (AvgIpc) is 3.05. The maximum absolute atomic E-state index is 12.6. The largest absolute Gasteiger partial charge is 0.378 e. The van der Waals surface area contributed by atoms with Gasteiger partial charge in [-0.25, -0.2) is 4.98 Å². The van der Waals surface area contributed by atoms with Crippen LogP contribution in [-0.2, 0) is 0 Å². The van der Waals surface area contributed by atoms with Gasteiger partial charge in [0.1, 0.15) is 5.69 Å². The van der Waals surface area contributed by atoms with Crippen LogP contribution in [0.5, 0.6) is 0 Å². The van der Waals surface area contributed by atoms with Crippen LogP contribution in [0, 0.1) is 13.8 Å². The molecule has 4 rings (SSSR count). The topological polar surface area (TPSA) is 53.9 Å². The Kier molecular flexibility index (Phi) is 5.58. The standard InChI is InChI=1S/C26H26N4O/c1-18-9-13-21(14-10-18)24-25-27-19(2)26(31)30(25)17-22(28-24)8-6-5-7-20-11-15-23(16-12-20)29(3)4/h5-17,28H,1-4H3/b7-5+,8-6+. The number of aryl methyl sites for hydroxylation is 2. The van der Waals surface area contributed by atoms with E-state index in [1.54, 1.807) is 17.7 Å². The van der Waals surface area contributed by atoms with Crippen LogP contribution in [-0.4, -0.2) is 28.6 Å². The fourth-order valence-electron chi connectivity index (χ4n) is 3.41. The minimum absolute atomic E-state index is 0.0939. The summed E-state index contributed by atoms with van der Waals surface area (Å²) >= 11 is 0. The maximum atomic E-state index is 12.6. The minimum atomic E-state index is -0.0939. The summed E-state index contributed by atoms with van der Waals surface area (Å²) < 4.78 is 1.62. The van der Waals surface area contributed by atoms with Gasteiger partial charge in [0.2, 0.25) is 0 Å². The molecular formula is C26H26N4O. The molecule has 0 aromatic heterocycles. The molecule has 2 aliphatic rings. The number of fused-ring (bicyclic) bond motifs is 1. The Bertz CT molecular complexity index is 1270. The SMILES string of the molecule is Cc1ccc(-c2[nH]c(/C=C/C=C/c3ccc(N(C)C)cc3)cn3c(=O)c(C)nc2-3)cc1. The molecule has 0 unspecified atom stereocenters. The summed E-state index contributed by atoms with van der Waals surface area (Å²) in [5.74, 6) is 0.639. The Labute approximate surface area is 182 Å². The molecule has 0 spiro atoms. The second-order valence-corrected chi connectivity index (χ2v) is 7.85. The monoisotopic (exact) mass is 410 g/mol. The number of benzene rings is 2. The lowest BCUT2D eigenvalue weighted by Crippen LogP contribution is -2.15. The Morgan fingerprint density at radius 2 is 1.61 bits per heavy atom. The van der Waals surface area contributed by atoms with Crippen molar-refractivity contribution in [3.63, 3.8) is 0 Å². The highest BCUT2D eigenvalue weighted by molar-refractivity contribution is 5.69. The highest BCUT2D eigenvalue weighted by Gasteiger charge is 2.17. The smallest absolute Gasteiger partial charge is 0.277 e. The summed E-state index contributed by atoms with van der Waals surface area (Å²) in [4.78, 5) is 22.5. The van der Waals surface area contributed by atoms with Gasteiger partial charge in [0.15, 0.2) is 5.82 Å². The summed E-state index contributed by atoms with van der Waals surface area (Å²) in [5.41, 5.74) is 6.52. The zero-order valence-electron chi connectivity index (χ0n) is 18.3. The van der Waals surface area contributed by atoms with Gasteiger partial charge in [0.05, 0.1) is 11.4 Å². The van der Waals surface area contributed by atoms with Gasteiger partial charge in [-0.05, 0) is 37.6 Å². The molecular weight excluding hydrogens is 384 g/mol. The third-order valence-corrected chi connectivity index (χ3v) is 5.22. The van der Waals surface area contributed by atoms with Gasteiger partial charge in [-0.2, -0.15) is 0 Å². The molecule has 2 aliphatic heterocycles. The molecule has 0 saturated carbocycles. The molecule has 1 N–H and O–H groups in total. The second kappa shape index (κ2) is 8.48. The van der Waals surface area contributed by atoms with Crippen molar-refractivity contribution in [1.29, 1.82) is 0 Å². The first-order chi connectivity index (χ1) is 14.9. The number of imidazole rings is 1. The fourth-order valence-corrected chi connectivity index (χ4v) is 3.41. The molecule has 0 radical (unpaired) electrons. The third-order valence-electron chi connectivity index (χ3n) is 5.22. The molecule has 2 heterocycles. The van der Waals surface area contributed by atoms with Gasteiger partial charge in [0.25, 0.3) is 5.56 Å². The Hall–Kier alpha value is -3.86. The van der Waals surface area contributed by atoms with Crippen molar-refractivity contribution in [1.82, 2.24) is 14.5 Å². The number of anilines is 1. The van der Waals surface area contributed by atoms with Crippen molar-refractivity contribution >= 4 is 17.8 Å². The lowest BCUT2D eigenvalue weighted by molar-refractivity contribution is 0.966. The Morgan fingerprint density at radius 3 is 2.29 bits per heavy atom. The van der Waals surface area contributed by atoms with E-state index in [0.29, 0.717) is 11.5 Å². The fraction of sp³-hybridized carbons (Fsp3) is 0.154. The van der Waals surface area contributed by atoms with E-state index >= 15 is 0 Å². The number of hydrogen-bond donors (Lipinski definition) is 1. The first-order valence-corrected chi connectivity index (χ1v) is 10.2. The van der Waals surface area contributed by atoms with Crippen molar-refractivity contribution in [2.75, 3.05) is 19.0 Å². The summed E-state index contributed by atoms with van der Waals surface area (Å²) in [6, 6.07) is 16.6. The van der Waals surface area contributed by atoms with Crippen molar-refractivity contribution in [3.8, 4) is 17.1 Å². The highest BCUT2D eigenvalue weighted by Crippen LogP contribution is 2.25. The third kappa shape index (κ3) is 4.36. The highest BCUT2D eigenvalue weighted by atomic mass is 16.1. The van der Waals surface area contributed by atoms with Gasteiger partial charge >= 0.3 is 0 Å². The molecule has 0 amide bonds. The van der Waals surface area contributed by atoms with Crippen molar-refractivity contribution in [2.24, 2.45) is 0 Å². The second-order valence-electron chi connectivity index (χ2n) is 7.85. The van der Waals surface area contributed by atoms with Crippen LogP contribution >= 0.6 is 0 Å². The molecule has 0 bridgehead atoms. The molecule has 2 aromatic rings. The molecule has 156 valence electrons. The van der Waals surface area contributed by atoms with E-state index in [9.17, 15) is 4.79 Å². The number of aromatic amines is 1. The predicted octanol–water partition coefficient (Wildman–Crippen LogP) is 5.07. The molecule has 0 atom stereocenters. The van der Waals surface area contributed by atoms with Crippen molar-refractivity contribution in [2.45, 2.75) is 13.8 Å². The van der Waals surface area contributed by atoms with E-state index in [4.69, 9.17) is 0 Å². The quantitative estimate of drug-likeness (QED) is 0.467. The van der Waals surface area contributed by atoms with E-state index in [1.165, 1.54) is 11.3 Å². The number of nitrogens with one attached hydrogen (secondary N) is 1. The Morgan fingerprint density at radius 1 is 0.935 bits per heavy atom. The van der Waals surface area contributed by atoms with E-state index in [0.717, 1.165) is 22.5 Å². The van der Waals surface area contributed by atoms with Gasteiger partial charge in [-0.3, -0.25) is 9.36 Å². The van der Waals surface area contributed by atoms with Gasteiger partial charge in [-0.1, -0.05) is 60.2 Å². The first kappa shape index (κ1) is 20.4. The minimum Gasteiger partial charge on any atom is -0.378 e. The predicted molar refractivity (Wildman–Crippen MR) is 129 cm³/mol. The zero-order valence-corrected chi connectivity index (χ0v) is 18.3. The lowest BCUT2D eigenvalue weighted by Gasteiger charge is -2.12. The first-order valence-electron chi connectivity index (χ1n) is 10.2. The summed E-state index contributed by atoms with van der Waals surface area (Å²) in [5, 5.41) is 0. The van der Waals surface area contributed by atoms with Gasteiger partial charge < -0.3 is 9.88 Å². The van der Waals surface area contributed by atoms with Crippen molar-refractivity contribution < 1.29 is 0 Å². The van der Waals surface area contributed by atoms with E-state index < -0.39 is 0 Å². The van der Waals surface area contributed by atoms with Crippen LogP contribution in [0.3, 0.4) is 0 Å². The number of H-pyrrole nitrogens is 1. The normalized spacial score (nSPS) is 11.7. The van der Waals surface area contributed by atoms with E-state index in [-0.39, 0.29) is 5.56 Å². The lowest BCUT2D eigenvalue weighted by atomic mass is 10.1. The molecule has 0 fully saturated rings. The molecule has 0 saturated heterocycles. The number of nitrogens with zero attached hydrogens (tertiary/aromatic N) is 3. The average molecular weight is 411 g/mol.